The van der Waals surface area contributed by atoms with Crippen molar-refractivity contribution in [2.24, 2.45) is 0 Å². The van der Waals surface area contributed by atoms with Crippen molar-refractivity contribution in [3.05, 3.63) is 59.3 Å². The zero-order chi connectivity index (χ0) is 19.6. The highest BCUT2D eigenvalue weighted by Gasteiger charge is 2.36. The Labute approximate surface area is 158 Å². The quantitative estimate of drug-likeness (QED) is 0.815. The van der Waals surface area contributed by atoms with Crippen LogP contribution in [0.1, 0.15) is 27.9 Å². The number of carbonyl (C=O) groups excluding carboxylic acids is 2. The number of anilines is 1. The van der Waals surface area contributed by atoms with Crippen LogP contribution in [0.15, 0.2) is 42.6 Å². The zero-order valence-corrected chi connectivity index (χ0v) is 16.0. The van der Waals surface area contributed by atoms with E-state index in [1.54, 1.807) is 30.5 Å². The maximum Gasteiger partial charge on any atom is 0.255 e. The predicted molar refractivity (Wildman–Crippen MR) is 102 cm³/mol. The van der Waals surface area contributed by atoms with Gasteiger partial charge in [0.1, 0.15) is 21.7 Å². The molecule has 0 saturated carbocycles. The molecule has 0 aliphatic carbocycles. The molecule has 1 unspecified atom stereocenters. The molecule has 1 N–H and O–H groups in total. The number of hydrogen-bond acceptors (Lipinski definition) is 5. The summed E-state index contributed by atoms with van der Waals surface area (Å²) >= 11 is 0. The molecule has 1 atom stereocenters. The molecule has 1 aliphatic rings. The van der Waals surface area contributed by atoms with Crippen molar-refractivity contribution in [3.63, 3.8) is 0 Å². The first-order valence-electron chi connectivity index (χ1n) is 8.55. The third-order valence-electron chi connectivity index (χ3n) is 4.46. The van der Waals surface area contributed by atoms with Gasteiger partial charge in [-0.3, -0.25) is 9.59 Å². The number of nitrogens with one attached hydrogen (secondary N) is 1. The minimum absolute atomic E-state index is 0.0240. The van der Waals surface area contributed by atoms with E-state index in [0.717, 1.165) is 17.4 Å². The standard InChI is InChI=1S/C19H21N3O4S/c1-13-7-9-20-17(11-13)21-18(23)16(8-10-27(2,25)26)22-12-14-5-3-4-6-15(14)19(22)24/h3-7,9,11,16H,8,10,12H2,1-2H3,(H,20,21,23). The van der Waals surface area contributed by atoms with E-state index < -0.39 is 21.8 Å². The molecule has 0 radical (unpaired) electrons. The Morgan fingerprint density at radius 3 is 2.70 bits per heavy atom. The maximum atomic E-state index is 12.9. The van der Waals surface area contributed by atoms with Gasteiger partial charge >= 0.3 is 0 Å². The number of nitrogens with zero attached hydrogens (tertiary/aromatic N) is 2. The van der Waals surface area contributed by atoms with Gasteiger partial charge in [-0.25, -0.2) is 13.4 Å². The van der Waals surface area contributed by atoms with Gasteiger partial charge in [0, 0.05) is 24.6 Å². The van der Waals surface area contributed by atoms with Gasteiger partial charge in [-0.1, -0.05) is 18.2 Å². The van der Waals surface area contributed by atoms with Crippen LogP contribution in [0.4, 0.5) is 5.82 Å². The van der Waals surface area contributed by atoms with Crippen LogP contribution in [0.3, 0.4) is 0 Å². The molecule has 0 bridgehead atoms. The van der Waals surface area contributed by atoms with Crippen molar-refractivity contribution in [1.29, 1.82) is 0 Å². The molecular formula is C19H21N3O4S. The Kier molecular flexibility index (Phi) is 5.27. The van der Waals surface area contributed by atoms with E-state index in [1.807, 2.05) is 19.1 Å². The smallest absolute Gasteiger partial charge is 0.255 e. The highest BCUT2D eigenvalue weighted by molar-refractivity contribution is 7.90. The Hall–Kier alpha value is -2.74. The lowest BCUT2D eigenvalue weighted by Gasteiger charge is -2.26. The van der Waals surface area contributed by atoms with Crippen LogP contribution >= 0.6 is 0 Å². The molecule has 0 spiro atoms. The second-order valence-electron chi connectivity index (χ2n) is 6.73. The molecule has 8 heteroatoms. The van der Waals surface area contributed by atoms with Gasteiger partial charge in [0.05, 0.1) is 5.75 Å². The summed E-state index contributed by atoms with van der Waals surface area (Å²) in [5.74, 6) is -0.533. The van der Waals surface area contributed by atoms with Crippen LogP contribution in [-0.4, -0.2) is 48.2 Å². The molecule has 0 saturated heterocycles. The lowest BCUT2D eigenvalue weighted by Crippen LogP contribution is -2.45. The molecule has 7 nitrogen and oxygen atoms in total. The van der Waals surface area contributed by atoms with Gasteiger partial charge in [-0.05, 0) is 42.7 Å². The Bertz CT molecular complexity index is 988. The lowest BCUT2D eigenvalue weighted by atomic mass is 10.1. The summed E-state index contributed by atoms with van der Waals surface area (Å²) in [7, 11) is -3.28. The summed E-state index contributed by atoms with van der Waals surface area (Å²) in [6.07, 6.45) is 2.72. The van der Waals surface area contributed by atoms with E-state index in [2.05, 4.69) is 10.3 Å². The summed E-state index contributed by atoms with van der Waals surface area (Å²) in [4.78, 5) is 31.2. The van der Waals surface area contributed by atoms with Crippen LogP contribution in [0, 0.1) is 6.92 Å². The van der Waals surface area contributed by atoms with Gasteiger partial charge in [-0.15, -0.1) is 0 Å². The SMILES string of the molecule is Cc1ccnc(NC(=O)C(CCS(C)(=O)=O)N2Cc3ccccc3C2=O)c1. The first-order chi connectivity index (χ1) is 12.7. The van der Waals surface area contributed by atoms with Crippen LogP contribution in [0.25, 0.3) is 0 Å². The van der Waals surface area contributed by atoms with Crippen LogP contribution < -0.4 is 5.32 Å². The van der Waals surface area contributed by atoms with Gasteiger partial charge < -0.3 is 10.2 Å². The van der Waals surface area contributed by atoms with Crippen molar-refractivity contribution in [1.82, 2.24) is 9.88 Å². The number of carbonyl (C=O) groups is 2. The molecule has 0 fully saturated rings. The number of benzene rings is 1. The Morgan fingerprint density at radius 1 is 1.30 bits per heavy atom. The molecule has 27 heavy (non-hydrogen) atoms. The molecule has 2 heterocycles. The molecule has 3 rings (SSSR count). The van der Waals surface area contributed by atoms with Crippen molar-refractivity contribution < 1.29 is 18.0 Å². The van der Waals surface area contributed by atoms with E-state index >= 15 is 0 Å². The van der Waals surface area contributed by atoms with Crippen molar-refractivity contribution in [2.45, 2.75) is 25.9 Å². The first kappa shape index (κ1) is 19.0. The number of pyridine rings is 1. The second-order valence-corrected chi connectivity index (χ2v) is 8.99. The fourth-order valence-electron chi connectivity index (χ4n) is 3.10. The number of hydrogen-bond donors (Lipinski definition) is 1. The number of sulfone groups is 1. The third kappa shape index (κ3) is 4.51. The fraction of sp³-hybridized carbons (Fsp3) is 0.316. The fourth-order valence-corrected chi connectivity index (χ4v) is 3.75. The van der Waals surface area contributed by atoms with Gasteiger partial charge in [0.15, 0.2) is 0 Å². The minimum Gasteiger partial charge on any atom is -0.322 e. The molecule has 2 amide bonds. The third-order valence-corrected chi connectivity index (χ3v) is 5.43. The number of fused-ring (bicyclic) bond motifs is 1. The molecule has 142 valence electrons. The number of aromatic nitrogens is 1. The summed E-state index contributed by atoms with van der Waals surface area (Å²) < 4.78 is 23.3. The van der Waals surface area contributed by atoms with E-state index in [0.29, 0.717) is 11.4 Å². The van der Waals surface area contributed by atoms with Crippen molar-refractivity contribution >= 4 is 27.5 Å². The normalized spacial score (nSPS) is 14.7. The van der Waals surface area contributed by atoms with Gasteiger partial charge in [0.25, 0.3) is 5.91 Å². The summed E-state index contributed by atoms with van der Waals surface area (Å²) in [6.45, 7) is 2.15. The zero-order valence-electron chi connectivity index (χ0n) is 15.2. The average molecular weight is 387 g/mol. The highest BCUT2D eigenvalue weighted by atomic mass is 32.2. The summed E-state index contributed by atoms with van der Waals surface area (Å²) in [5, 5.41) is 2.70. The number of aryl methyl sites for hydroxylation is 1. The lowest BCUT2D eigenvalue weighted by molar-refractivity contribution is -0.120. The predicted octanol–water partition coefficient (Wildman–Crippen LogP) is 1.79. The summed E-state index contributed by atoms with van der Waals surface area (Å²) in [5.41, 5.74) is 2.30. The molecule has 2 aromatic rings. The van der Waals surface area contributed by atoms with E-state index in [4.69, 9.17) is 0 Å². The molecule has 1 aliphatic heterocycles. The largest absolute Gasteiger partial charge is 0.322 e. The highest BCUT2D eigenvalue weighted by Crippen LogP contribution is 2.26. The maximum absolute atomic E-state index is 12.9. The van der Waals surface area contributed by atoms with Crippen LogP contribution in [0.2, 0.25) is 0 Å². The number of rotatable bonds is 6. The van der Waals surface area contributed by atoms with Crippen LogP contribution in [-0.2, 0) is 21.2 Å². The van der Waals surface area contributed by atoms with Gasteiger partial charge in [0.2, 0.25) is 5.91 Å². The monoisotopic (exact) mass is 387 g/mol. The average Bonchev–Trinajstić information content (AvgIpc) is 2.91. The minimum atomic E-state index is -3.28. The summed E-state index contributed by atoms with van der Waals surface area (Å²) in [6, 6.07) is 9.76. The molecule has 1 aromatic carbocycles. The number of amides is 2. The van der Waals surface area contributed by atoms with Crippen molar-refractivity contribution in [2.75, 3.05) is 17.3 Å². The van der Waals surface area contributed by atoms with E-state index in [-0.39, 0.29) is 24.6 Å². The first-order valence-corrected chi connectivity index (χ1v) is 10.6. The van der Waals surface area contributed by atoms with E-state index in [9.17, 15) is 18.0 Å². The van der Waals surface area contributed by atoms with Crippen LogP contribution in [0.5, 0.6) is 0 Å². The molecule has 1 aromatic heterocycles. The van der Waals surface area contributed by atoms with Crippen molar-refractivity contribution in [3.8, 4) is 0 Å². The Balaban J connectivity index is 1.85. The van der Waals surface area contributed by atoms with E-state index in [1.165, 1.54) is 4.90 Å². The van der Waals surface area contributed by atoms with Gasteiger partial charge in [-0.2, -0.15) is 0 Å². The molecular weight excluding hydrogens is 366 g/mol. The second kappa shape index (κ2) is 7.48. The Morgan fingerprint density at radius 2 is 2.04 bits per heavy atom. The topological polar surface area (TPSA) is 96.4 Å².